The van der Waals surface area contributed by atoms with Crippen LogP contribution in [0.4, 0.5) is 13.2 Å². The molecule has 1 amide bonds. The summed E-state index contributed by atoms with van der Waals surface area (Å²) in [5.74, 6) is -0.978. The van der Waals surface area contributed by atoms with E-state index in [0.717, 1.165) is 12.1 Å². The maximum absolute atomic E-state index is 12.8. The monoisotopic (exact) mass is 338 g/mol. The topological polar surface area (TPSA) is 59.9 Å². The zero-order valence-electron chi connectivity index (χ0n) is 12.5. The summed E-state index contributed by atoms with van der Waals surface area (Å²) < 4.78 is 46.5. The first-order valence-electron chi connectivity index (χ1n) is 6.71. The average molecular weight is 338 g/mol. The smallest absolute Gasteiger partial charge is 0.387 e. The molecule has 2 aromatic rings. The molecule has 0 spiro atoms. The Morgan fingerprint density at radius 1 is 1.17 bits per heavy atom. The highest BCUT2D eigenvalue weighted by Crippen LogP contribution is 2.28. The number of carbonyl (C=O) groups is 1. The summed E-state index contributed by atoms with van der Waals surface area (Å²) in [6, 6.07) is 9.14. The lowest BCUT2D eigenvalue weighted by atomic mass is 10.2. The molecule has 0 aliphatic rings. The van der Waals surface area contributed by atoms with Crippen molar-refractivity contribution in [2.75, 3.05) is 7.11 Å². The van der Waals surface area contributed by atoms with Crippen molar-refractivity contribution >= 4 is 12.1 Å². The summed E-state index contributed by atoms with van der Waals surface area (Å²) in [5.41, 5.74) is 3.00. The minimum atomic E-state index is -2.96. The molecule has 0 unspecified atom stereocenters. The van der Waals surface area contributed by atoms with Gasteiger partial charge in [-0.1, -0.05) is 0 Å². The van der Waals surface area contributed by atoms with E-state index in [1.807, 2.05) is 0 Å². The number of rotatable bonds is 6. The standard InChI is InChI=1S/C16H13F3N2O3/c1-23-14-8-10(2-7-13(14)24-16(18)19)9-20-21-15(22)11-3-5-12(17)6-4-11/h2-9,16H,1H3,(H,21,22)/b20-9-. The molecule has 5 nitrogen and oxygen atoms in total. The van der Waals surface area contributed by atoms with Crippen molar-refractivity contribution < 1.29 is 27.4 Å². The summed E-state index contributed by atoms with van der Waals surface area (Å²) >= 11 is 0. The Hall–Kier alpha value is -3.03. The largest absolute Gasteiger partial charge is 0.493 e. The van der Waals surface area contributed by atoms with Gasteiger partial charge in [0.15, 0.2) is 11.5 Å². The lowest BCUT2D eigenvalue weighted by molar-refractivity contribution is -0.0512. The number of hydrogen-bond donors (Lipinski definition) is 1. The van der Waals surface area contributed by atoms with E-state index >= 15 is 0 Å². The maximum Gasteiger partial charge on any atom is 0.387 e. The lowest BCUT2D eigenvalue weighted by Crippen LogP contribution is -2.17. The number of nitrogens with one attached hydrogen (secondary N) is 1. The fourth-order valence-electron chi connectivity index (χ4n) is 1.79. The molecule has 24 heavy (non-hydrogen) atoms. The summed E-state index contributed by atoms with van der Waals surface area (Å²) in [6.07, 6.45) is 1.30. The van der Waals surface area contributed by atoms with Crippen LogP contribution in [0.2, 0.25) is 0 Å². The van der Waals surface area contributed by atoms with E-state index in [9.17, 15) is 18.0 Å². The van der Waals surface area contributed by atoms with Gasteiger partial charge in [-0.25, -0.2) is 9.82 Å². The number of hydrazone groups is 1. The van der Waals surface area contributed by atoms with Gasteiger partial charge < -0.3 is 9.47 Å². The van der Waals surface area contributed by atoms with Crippen LogP contribution in [0.5, 0.6) is 11.5 Å². The third-order valence-corrected chi connectivity index (χ3v) is 2.89. The summed E-state index contributed by atoms with van der Waals surface area (Å²) in [7, 11) is 1.31. The summed E-state index contributed by atoms with van der Waals surface area (Å²) in [5, 5.41) is 3.74. The molecular weight excluding hydrogens is 325 g/mol. The highest BCUT2D eigenvalue weighted by atomic mass is 19.3. The van der Waals surface area contributed by atoms with Crippen molar-refractivity contribution in [2.24, 2.45) is 5.10 Å². The molecule has 1 N–H and O–H groups in total. The highest BCUT2D eigenvalue weighted by molar-refractivity contribution is 5.94. The first-order valence-corrected chi connectivity index (χ1v) is 6.71. The molecule has 0 saturated heterocycles. The summed E-state index contributed by atoms with van der Waals surface area (Å²) in [6.45, 7) is -2.96. The predicted molar refractivity (Wildman–Crippen MR) is 81.1 cm³/mol. The fourth-order valence-corrected chi connectivity index (χ4v) is 1.79. The van der Waals surface area contributed by atoms with Crippen LogP contribution in [0.3, 0.4) is 0 Å². The van der Waals surface area contributed by atoms with Gasteiger partial charge in [-0.2, -0.15) is 13.9 Å². The van der Waals surface area contributed by atoms with Gasteiger partial charge >= 0.3 is 6.61 Å². The van der Waals surface area contributed by atoms with Crippen molar-refractivity contribution in [3.8, 4) is 11.5 Å². The quantitative estimate of drug-likeness (QED) is 0.650. The van der Waals surface area contributed by atoms with Gasteiger partial charge in [-0.3, -0.25) is 4.79 Å². The average Bonchev–Trinajstić information content (AvgIpc) is 2.56. The Bertz CT molecular complexity index is 734. The van der Waals surface area contributed by atoms with Gasteiger partial charge in [0, 0.05) is 5.56 Å². The SMILES string of the molecule is COc1cc(/C=N\NC(=O)c2ccc(F)cc2)ccc1OC(F)F. The second-order valence-electron chi connectivity index (χ2n) is 4.49. The maximum atomic E-state index is 12.8. The number of methoxy groups -OCH3 is 1. The number of halogens is 3. The number of nitrogens with zero attached hydrogens (tertiary/aromatic N) is 1. The second kappa shape index (κ2) is 8.00. The van der Waals surface area contributed by atoms with E-state index in [1.165, 1.54) is 43.7 Å². The van der Waals surface area contributed by atoms with Crippen LogP contribution < -0.4 is 14.9 Å². The molecule has 2 aromatic carbocycles. The third-order valence-electron chi connectivity index (χ3n) is 2.89. The Labute approximate surface area is 135 Å². The minimum Gasteiger partial charge on any atom is -0.493 e. The number of amides is 1. The van der Waals surface area contributed by atoms with E-state index in [2.05, 4.69) is 15.3 Å². The Kier molecular flexibility index (Phi) is 5.78. The van der Waals surface area contributed by atoms with Crippen molar-refractivity contribution in [1.29, 1.82) is 0 Å². The van der Waals surface area contributed by atoms with E-state index in [-0.39, 0.29) is 17.1 Å². The molecule has 0 heterocycles. The first kappa shape index (κ1) is 17.3. The van der Waals surface area contributed by atoms with Gasteiger partial charge in [0.05, 0.1) is 13.3 Å². The number of benzene rings is 2. The van der Waals surface area contributed by atoms with Crippen molar-refractivity contribution in [1.82, 2.24) is 5.43 Å². The van der Waals surface area contributed by atoms with Crippen LogP contribution in [-0.4, -0.2) is 25.8 Å². The molecule has 126 valence electrons. The zero-order valence-corrected chi connectivity index (χ0v) is 12.5. The molecule has 0 bridgehead atoms. The van der Waals surface area contributed by atoms with E-state index in [1.54, 1.807) is 0 Å². The molecule has 0 radical (unpaired) electrons. The lowest BCUT2D eigenvalue weighted by Gasteiger charge is -2.09. The van der Waals surface area contributed by atoms with E-state index in [4.69, 9.17) is 4.74 Å². The van der Waals surface area contributed by atoms with Crippen molar-refractivity contribution in [2.45, 2.75) is 6.61 Å². The van der Waals surface area contributed by atoms with Crippen LogP contribution in [0.25, 0.3) is 0 Å². The van der Waals surface area contributed by atoms with Gasteiger partial charge in [-0.15, -0.1) is 0 Å². The summed E-state index contributed by atoms with van der Waals surface area (Å²) in [4.78, 5) is 11.8. The Balaban J connectivity index is 2.03. The minimum absolute atomic E-state index is 0.101. The van der Waals surface area contributed by atoms with E-state index in [0.29, 0.717) is 5.56 Å². The molecule has 0 atom stereocenters. The van der Waals surface area contributed by atoms with Gasteiger partial charge in [0.1, 0.15) is 5.82 Å². The van der Waals surface area contributed by atoms with Crippen LogP contribution in [0, 0.1) is 5.82 Å². The molecular formula is C16H13F3N2O3. The number of hydrogen-bond acceptors (Lipinski definition) is 4. The zero-order chi connectivity index (χ0) is 17.5. The highest BCUT2D eigenvalue weighted by Gasteiger charge is 2.10. The molecule has 0 aromatic heterocycles. The van der Waals surface area contributed by atoms with Crippen LogP contribution >= 0.6 is 0 Å². The van der Waals surface area contributed by atoms with Gasteiger partial charge in [0.25, 0.3) is 5.91 Å². The van der Waals surface area contributed by atoms with E-state index < -0.39 is 18.3 Å². The molecule has 2 rings (SSSR count). The molecule has 8 heteroatoms. The molecule has 0 aliphatic heterocycles. The van der Waals surface area contributed by atoms with Crippen LogP contribution in [-0.2, 0) is 0 Å². The normalized spacial score (nSPS) is 10.9. The Morgan fingerprint density at radius 2 is 1.88 bits per heavy atom. The number of carbonyl (C=O) groups excluding carboxylic acids is 1. The van der Waals surface area contributed by atoms with Crippen molar-refractivity contribution in [3.05, 3.63) is 59.4 Å². The van der Waals surface area contributed by atoms with Crippen LogP contribution in [0.15, 0.2) is 47.6 Å². The first-order chi connectivity index (χ1) is 11.5. The third kappa shape index (κ3) is 4.73. The number of ether oxygens (including phenoxy) is 2. The van der Waals surface area contributed by atoms with Crippen LogP contribution in [0.1, 0.15) is 15.9 Å². The predicted octanol–water partition coefficient (Wildman–Crippen LogP) is 3.20. The Morgan fingerprint density at radius 3 is 2.50 bits per heavy atom. The van der Waals surface area contributed by atoms with Crippen molar-refractivity contribution in [3.63, 3.8) is 0 Å². The molecule has 0 saturated carbocycles. The van der Waals surface area contributed by atoms with Gasteiger partial charge in [-0.05, 0) is 48.0 Å². The van der Waals surface area contributed by atoms with Gasteiger partial charge in [0.2, 0.25) is 0 Å². The second-order valence-corrected chi connectivity index (χ2v) is 4.49. The molecule has 0 fully saturated rings. The molecule has 0 aliphatic carbocycles. The number of alkyl halides is 2. The fraction of sp³-hybridized carbons (Fsp3) is 0.125.